The predicted molar refractivity (Wildman–Crippen MR) is 78.3 cm³/mol. The van der Waals surface area contributed by atoms with Gasteiger partial charge in [-0.25, -0.2) is 4.98 Å². The minimum Gasteiger partial charge on any atom is -0.330 e. The number of hydrogen-bond acceptors (Lipinski definition) is 3. The highest BCUT2D eigenvalue weighted by Gasteiger charge is 2.12. The number of nitrogens with two attached hydrogens (primary N) is 1. The summed E-state index contributed by atoms with van der Waals surface area (Å²) in [5.74, 6) is 0.362. The summed E-state index contributed by atoms with van der Waals surface area (Å²) >= 11 is 1.80. The van der Waals surface area contributed by atoms with E-state index in [1.54, 1.807) is 11.3 Å². The predicted octanol–water partition coefficient (Wildman–Crippen LogP) is 3.41. The summed E-state index contributed by atoms with van der Waals surface area (Å²) in [4.78, 5) is 5.99. The maximum Gasteiger partial charge on any atom is 0.0971 e. The molecule has 2 nitrogen and oxygen atoms in total. The summed E-state index contributed by atoms with van der Waals surface area (Å²) in [6, 6.07) is 8.71. The number of nitrogens with zero attached hydrogens (tertiary/aromatic N) is 1. The van der Waals surface area contributed by atoms with Gasteiger partial charge in [0.15, 0.2) is 0 Å². The molecule has 0 saturated heterocycles. The van der Waals surface area contributed by atoms with Crippen molar-refractivity contribution in [2.75, 3.05) is 6.54 Å². The van der Waals surface area contributed by atoms with E-state index in [1.165, 1.54) is 16.0 Å². The molecule has 0 aliphatic heterocycles. The fourth-order valence-corrected chi connectivity index (χ4v) is 2.98. The molecule has 2 aromatic rings. The van der Waals surface area contributed by atoms with Gasteiger partial charge in [-0.1, -0.05) is 36.8 Å². The molecule has 0 aliphatic rings. The van der Waals surface area contributed by atoms with E-state index in [2.05, 4.69) is 50.0 Å². The summed E-state index contributed by atoms with van der Waals surface area (Å²) in [6.07, 6.45) is 0.973. The average Bonchev–Trinajstić information content (AvgIpc) is 2.73. The van der Waals surface area contributed by atoms with Crippen molar-refractivity contribution in [2.24, 2.45) is 5.73 Å². The molecule has 2 rings (SSSR count). The second-order valence-electron chi connectivity index (χ2n) is 4.86. The summed E-state index contributed by atoms with van der Waals surface area (Å²) < 4.78 is 0. The molecule has 0 saturated carbocycles. The number of rotatable bonds is 4. The first kappa shape index (κ1) is 13.2. The van der Waals surface area contributed by atoms with E-state index >= 15 is 0 Å². The second-order valence-corrected chi connectivity index (χ2v) is 5.98. The molecular weight excluding hydrogens is 240 g/mol. The summed E-state index contributed by atoms with van der Waals surface area (Å²) in [6.45, 7) is 7.00. The lowest BCUT2D eigenvalue weighted by molar-refractivity contribution is 0.763. The smallest absolute Gasteiger partial charge is 0.0971 e. The fraction of sp³-hybridized carbons (Fsp3) is 0.400. The van der Waals surface area contributed by atoms with E-state index < -0.39 is 0 Å². The Hall–Kier alpha value is -1.19. The Morgan fingerprint density at radius 2 is 1.89 bits per heavy atom. The summed E-state index contributed by atoms with van der Waals surface area (Å²) in [5, 5.41) is 1.16. The van der Waals surface area contributed by atoms with Crippen molar-refractivity contribution in [3.8, 4) is 0 Å². The van der Waals surface area contributed by atoms with Crippen LogP contribution in [-0.2, 0) is 6.42 Å². The van der Waals surface area contributed by atoms with Crippen LogP contribution in [0, 0.1) is 13.8 Å². The van der Waals surface area contributed by atoms with Gasteiger partial charge in [0, 0.05) is 23.8 Å². The molecular formula is C15H20N2S. The van der Waals surface area contributed by atoms with Gasteiger partial charge in [0.25, 0.3) is 0 Å². The zero-order valence-corrected chi connectivity index (χ0v) is 12.1. The number of aromatic nitrogens is 1. The number of thiazole rings is 1. The topological polar surface area (TPSA) is 38.9 Å². The van der Waals surface area contributed by atoms with E-state index in [-0.39, 0.29) is 0 Å². The SMILES string of the molecule is Cc1ccc(Cc2sc(C(C)CN)nc2C)cc1. The first-order valence-electron chi connectivity index (χ1n) is 6.32. The summed E-state index contributed by atoms with van der Waals surface area (Å²) in [5.41, 5.74) is 9.50. The van der Waals surface area contributed by atoms with E-state index in [1.807, 2.05) is 0 Å². The Labute approximate surface area is 113 Å². The van der Waals surface area contributed by atoms with Crippen LogP contribution in [0.15, 0.2) is 24.3 Å². The fourth-order valence-electron chi connectivity index (χ4n) is 1.82. The standard InChI is InChI=1S/C15H20N2S/c1-10-4-6-13(7-5-10)8-14-12(3)17-15(18-14)11(2)9-16/h4-7,11H,8-9,16H2,1-3H3. The average molecular weight is 260 g/mol. The van der Waals surface area contributed by atoms with Gasteiger partial charge in [0.1, 0.15) is 0 Å². The normalized spacial score (nSPS) is 12.7. The lowest BCUT2D eigenvalue weighted by Gasteiger charge is -2.02. The second kappa shape index (κ2) is 5.63. The molecule has 0 spiro atoms. The van der Waals surface area contributed by atoms with Crippen molar-refractivity contribution in [3.05, 3.63) is 51.0 Å². The molecule has 0 bridgehead atoms. The first-order chi connectivity index (χ1) is 8.60. The molecule has 96 valence electrons. The van der Waals surface area contributed by atoms with Gasteiger partial charge in [-0.2, -0.15) is 0 Å². The van der Waals surface area contributed by atoms with Crippen molar-refractivity contribution < 1.29 is 0 Å². The van der Waals surface area contributed by atoms with Crippen LogP contribution < -0.4 is 5.73 Å². The lowest BCUT2D eigenvalue weighted by atomic mass is 10.1. The molecule has 0 amide bonds. The minimum atomic E-state index is 0.362. The molecule has 2 N–H and O–H groups in total. The van der Waals surface area contributed by atoms with E-state index in [4.69, 9.17) is 5.73 Å². The summed E-state index contributed by atoms with van der Waals surface area (Å²) in [7, 11) is 0. The van der Waals surface area contributed by atoms with Gasteiger partial charge >= 0.3 is 0 Å². The van der Waals surface area contributed by atoms with Crippen LogP contribution in [-0.4, -0.2) is 11.5 Å². The maximum atomic E-state index is 5.70. The highest BCUT2D eigenvalue weighted by atomic mass is 32.1. The molecule has 1 heterocycles. The molecule has 0 radical (unpaired) electrons. The van der Waals surface area contributed by atoms with E-state index in [0.717, 1.165) is 17.1 Å². The van der Waals surface area contributed by atoms with Gasteiger partial charge in [-0.3, -0.25) is 0 Å². The number of hydrogen-bond donors (Lipinski definition) is 1. The zero-order valence-electron chi connectivity index (χ0n) is 11.2. The Kier molecular flexibility index (Phi) is 4.15. The molecule has 18 heavy (non-hydrogen) atoms. The van der Waals surface area contributed by atoms with Crippen molar-refractivity contribution in [1.29, 1.82) is 0 Å². The highest BCUT2D eigenvalue weighted by Crippen LogP contribution is 2.26. The van der Waals surface area contributed by atoms with Crippen LogP contribution in [0.25, 0.3) is 0 Å². The third-order valence-corrected chi connectivity index (χ3v) is 4.56. The zero-order chi connectivity index (χ0) is 13.1. The molecule has 3 heteroatoms. The maximum absolute atomic E-state index is 5.70. The molecule has 0 aliphatic carbocycles. The minimum absolute atomic E-state index is 0.362. The molecule has 0 fully saturated rings. The Bertz CT molecular complexity index is 514. The number of benzene rings is 1. The van der Waals surface area contributed by atoms with E-state index in [9.17, 15) is 0 Å². The van der Waals surface area contributed by atoms with Crippen LogP contribution in [0.1, 0.15) is 39.5 Å². The van der Waals surface area contributed by atoms with Gasteiger partial charge in [-0.05, 0) is 19.4 Å². The largest absolute Gasteiger partial charge is 0.330 e. The van der Waals surface area contributed by atoms with Gasteiger partial charge in [0.05, 0.1) is 10.7 Å². The monoisotopic (exact) mass is 260 g/mol. The Morgan fingerprint density at radius 3 is 2.50 bits per heavy atom. The molecule has 1 aromatic heterocycles. The van der Waals surface area contributed by atoms with Crippen molar-refractivity contribution >= 4 is 11.3 Å². The first-order valence-corrected chi connectivity index (χ1v) is 7.13. The van der Waals surface area contributed by atoms with Crippen LogP contribution in [0.3, 0.4) is 0 Å². The van der Waals surface area contributed by atoms with Crippen LogP contribution >= 0.6 is 11.3 Å². The Morgan fingerprint density at radius 1 is 1.22 bits per heavy atom. The number of aryl methyl sites for hydroxylation is 2. The van der Waals surface area contributed by atoms with E-state index in [0.29, 0.717) is 12.5 Å². The molecule has 1 unspecified atom stereocenters. The van der Waals surface area contributed by atoms with Crippen LogP contribution in [0.5, 0.6) is 0 Å². The van der Waals surface area contributed by atoms with Gasteiger partial charge in [-0.15, -0.1) is 11.3 Å². The van der Waals surface area contributed by atoms with Crippen LogP contribution in [0.2, 0.25) is 0 Å². The Balaban J connectivity index is 2.19. The van der Waals surface area contributed by atoms with Gasteiger partial charge in [0.2, 0.25) is 0 Å². The van der Waals surface area contributed by atoms with Crippen molar-refractivity contribution in [1.82, 2.24) is 4.98 Å². The lowest BCUT2D eigenvalue weighted by Crippen LogP contribution is -2.08. The van der Waals surface area contributed by atoms with Crippen molar-refractivity contribution in [2.45, 2.75) is 33.1 Å². The third kappa shape index (κ3) is 2.98. The highest BCUT2D eigenvalue weighted by molar-refractivity contribution is 7.11. The molecule has 1 atom stereocenters. The molecule has 1 aromatic carbocycles. The van der Waals surface area contributed by atoms with Crippen LogP contribution in [0.4, 0.5) is 0 Å². The van der Waals surface area contributed by atoms with Gasteiger partial charge < -0.3 is 5.73 Å². The quantitative estimate of drug-likeness (QED) is 0.915. The third-order valence-electron chi connectivity index (χ3n) is 3.17. The van der Waals surface area contributed by atoms with Crippen molar-refractivity contribution in [3.63, 3.8) is 0 Å².